The summed E-state index contributed by atoms with van der Waals surface area (Å²) in [5.41, 5.74) is 3.32. The van der Waals surface area contributed by atoms with Gasteiger partial charge in [0, 0.05) is 32.0 Å². The van der Waals surface area contributed by atoms with E-state index >= 15 is 0 Å². The summed E-state index contributed by atoms with van der Waals surface area (Å²) in [5, 5.41) is 3.48. The average molecular weight is 450 g/mol. The zero-order valence-electron chi connectivity index (χ0n) is 20.0. The smallest absolute Gasteiger partial charge is 0.249 e. The highest BCUT2D eigenvalue weighted by molar-refractivity contribution is 6.04. The number of nitrogens with zero attached hydrogens (tertiary/aromatic N) is 4. The number of anilines is 4. The molecule has 5 rings (SSSR count). The van der Waals surface area contributed by atoms with E-state index in [9.17, 15) is 4.79 Å². The van der Waals surface area contributed by atoms with Gasteiger partial charge >= 0.3 is 0 Å². The molecule has 3 aliphatic rings. The molecule has 1 N–H and O–H groups in total. The number of likely N-dealkylation sites (N-methyl/N-ethyl adjacent to an activating group) is 1. The monoisotopic (exact) mass is 449 g/mol. The van der Waals surface area contributed by atoms with Crippen molar-refractivity contribution in [2.24, 2.45) is 0 Å². The molecule has 0 saturated carbocycles. The minimum atomic E-state index is -0.234. The van der Waals surface area contributed by atoms with E-state index in [1.807, 2.05) is 26.1 Å². The first-order valence-corrected chi connectivity index (χ1v) is 12.2. The fourth-order valence-corrected chi connectivity index (χ4v) is 5.44. The predicted octanol–water partition coefficient (Wildman–Crippen LogP) is 3.98. The van der Waals surface area contributed by atoms with Crippen LogP contribution in [-0.2, 0) is 9.53 Å². The van der Waals surface area contributed by atoms with Crippen LogP contribution in [0.4, 0.5) is 23.0 Å². The van der Waals surface area contributed by atoms with Crippen molar-refractivity contribution in [2.45, 2.75) is 50.6 Å². The lowest BCUT2D eigenvalue weighted by atomic mass is 9.89. The number of fused-ring (bicyclic) bond motifs is 1. The maximum absolute atomic E-state index is 12.9. The van der Waals surface area contributed by atoms with Crippen molar-refractivity contribution in [3.63, 3.8) is 0 Å². The van der Waals surface area contributed by atoms with Gasteiger partial charge in [-0.2, -0.15) is 0 Å². The van der Waals surface area contributed by atoms with Gasteiger partial charge in [-0.3, -0.25) is 4.79 Å². The van der Waals surface area contributed by atoms with Gasteiger partial charge in [0.05, 0.1) is 5.69 Å². The molecule has 0 aliphatic carbocycles. The number of likely N-dealkylation sites (tertiary alicyclic amines) is 1. The molecule has 33 heavy (non-hydrogen) atoms. The summed E-state index contributed by atoms with van der Waals surface area (Å²) in [7, 11) is 4.04. The molecule has 4 heterocycles. The summed E-state index contributed by atoms with van der Waals surface area (Å²) in [6.45, 7) is 5.79. The Balaban J connectivity index is 1.37. The van der Waals surface area contributed by atoms with Crippen LogP contribution in [0.1, 0.15) is 44.1 Å². The average Bonchev–Trinajstić information content (AvgIpc) is 2.84. The molecule has 1 aromatic heterocycles. The molecule has 3 aliphatic heterocycles. The Labute approximate surface area is 196 Å². The maximum atomic E-state index is 12.9. The van der Waals surface area contributed by atoms with E-state index < -0.39 is 0 Å². The first-order valence-electron chi connectivity index (χ1n) is 12.2. The van der Waals surface area contributed by atoms with Crippen LogP contribution in [0.25, 0.3) is 0 Å². The SMILES string of the molecule is CC1C(=O)N(C)c2ccc(Nc3ccc(C4CCN(C)CC4)cc3)nc2N1C1CCOCC1. The Morgan fingerprint density at radius 3 is 2.36 bits per heavy atom. The number of benzene rings is 1. The van der Waals surface area contributed by atoms with Crippen molar-refractivity contribution < 1.29 is 9.53 Å². The third-order valence-corrected chi connectivity index (χ3v) is 7.52. The minimum Gasteiger partial charge on any atom is -0.381 e. The van der Waals surface area contributed by atoms with Gasteiger partial charge in [-0.15, -0.1) is 0 Å². The zero-order chi connectivity index (χ0) is 22.9. The number of rotatable bonds is 4. The van der Waals surface area contributed by atoms with Gasteiger partial charge in [-0.25, -0.2) is 4.98 Å². The number of pyridine rings is 1. The third kappa shape index (κ3) is 4.44. The molecule has 7 heteroatoms. The molecule has 2 fully saturated rings. The molecule has 1 unspecified atom stereocenters. The van der Waals surface area contributed by atoms with Crippen LogP contribution >= 0.6 is 0 Å². The highest BCUT2D eigenvalue weighted by Gasteiger charge is 2.39. The largest absolute Gasteiger partial charge is 0.381 e. The maximum Gasteiger partial charge on any atom is 0.249 e. The topological polar surface area (TPSA) is 60.9 Å². The number of ether oxygens (including phenoxy) is 1. The Morgan fingerprint density at radius 2 is 1.67 bits per heavy atom. The van der Waals surface area contributed by atoms with Gasteiger partial charge in [-0.05, 0) is 88.5 Å². The third-order valence-electron chi connectivity index (χ3n) is 7.52. The summed E-state index contributed by atoms with van der Waals surface area (Å²) in [6, 6.07) is 12.8. The molecule has 2 saturated heterocycles. The van der Waals surface area contributed by atoms with E-state index in [0.717, 1.165) is 49.1 Å². The van der Waals surface area contributed by atoms with Gasteiger partial charge < -0.3 is 24.8 Å². The van der Waals surface area contributed by atoms with Crippen molar-refractivity contribution in [1.29, 1.82) is 0 Å². The Morgan fingerprint density at radius 1 is 0.970 bits per heavy atom. The van der Waals surface area contributed by atoms with Crippen LogP contribution in [0.3, 0.4) is 0 Å². The number of carbonyl (C=O) groups is 1. The lowest BCUT2D eigenvalue weighted by Gasteiger charge is -2.44. The van der Waals surface area contributed by atoms with Gasteiger partial charge in [0.1, 0.15) is 11.9 Å². The highest BCUT2D eigenvalue weighted by atomic mass is 16.5. The number of hydrogen-bond acceptors (Lipinski definition) is 6. The van der Waals surface area contributed by atoms with Crippen LogP contribution < -0.4 is 15.1 Å². The number of piperidine rings is 1. The van der Waals surface area contributed by atoms with Crippen LogP contribution in [0, 0.1) is 0 Å². The van der Waals surface area contributed by atoms with E-state index in [2.05, 4.69) is 46.4 Å². The molecular weight excluding hydrogens is 414 g/mol. The lowest BCUT2D eigenvalue weighted by Crippen LogP contribution is -2.56. The molecular formula is C26H35N5O2. The van der Waals surface area contributed by atoms with E-state index in [1.54, 1.807) is 4.90 Å². The molecule has 7 nitrogen and oxygen atoms in total. The Hall–Kier alpha value is -2.64. The van der Waals surface area contributed by atoms with Crippen molar-refractivity contribution in [3.05, 3.63) is 42.0 Å². The summed E-state index contributed by atoms with van der Waals surface area (Å²) >= 11 is 0. The molecule has 176 valence electrons. The standard InChI is InChI=1S/C26H35N5O2/c1-18-26(32)30(3)23-8-9-24(28-25(23)31(18)22-12-16-33-17-13-22)27-21-6-4-19(5-7-21)20-10-14-29(2)15-11-20/h4-9,18,20,22H,10-17H2,1-3H3,(H,27,28). The second-order valence-corrected chi connectivity index (χ2v) is 9.69. The van der Waals surface area contributed by atoms with Crippen LogP contribution in [-0.4, -0.2) is 68.3 Å². The summed E-state index contributed by atoms with van der Waals surface area (Å²) in [5.74, 6) is 2.44. The number of aromatic nitrogens is 1. The quantitative estimate of drug-likeness (QED) is 0.762. The van der Waals surface area contributed by atoms with Crippen LogP contribution in [0.15, 0.2) is 36.4 Å². The fourth-order valence-electron chi connectivity index (χ4n) is 5.44. The first kappa shape index (κ1) is 22.2. The summed E-state index contributed by atoms with van der Waals surface area (Å²) in [4.78, 5) is 24.3. The summed E-state index contributed by atoms with van der Waals surface area (Å²) < 4.78 is 5.57. The van der Waals surface area contributed by atoms with Crippen LogP contribution in [0.2, 0.25) is 0 Å². The molecule has 1 amide bonds. The van der Waals surface area contributed by atoms with Crippen molar-refractivity contribution in [2.75, 3.05) is 55.5 Å². The van der Waals surface area contributed by atoms with E-state index in [1.165, 1.54) is 31.5 Å². The normalized spacial score (nSPS) is 23.0. The number of carbonyl (C=O) groups excluding carboxylic acids is 1. The van der Waals surface area contributed by atoms with Crippen LogP contribution in [0.5, 0.6) is 0 Å². The van der Waals surface area contributed by atoms with E-state index in [4.69, 9.17) is 9.72 Å². The molecule has 0 bridgehead atoms. The molecule has 2 aromatic rings. The number of hydrogen-bond donors (Lipinski definition) is 1. The first-order chi connectivity index (χ1) is 16.0. The molecule has 0 spiro atoms. The van der Waals surface area contributed by atoms with Gasteiger partial charge in [0.15, 0.2) is 5.82 Å². The van der Waals surface area contributed by atoms with Gasteiger partial charge in [0.2, 0.25) is 5.91 Å². The second-order valence-electron chi connectivity index (χ2n) is 9.69. The van der Waals surface area contributed by atoms with E-state index in [-0.39, 0.29) is 18.0 Å². The molecule has 1 aromatic carbocycles. The fraction of sp³-hybridized carbons (Fsp3) is 0.538. The van der Waals surface area contributed by atoms with Crippen molar-refractivity contribution in [1.82, 2.24) is 9.88 Å². The van der Waals surface area contributed by atoms with Gasteiger partial charge in [-0.1, -0.05) is 12.1 Å². The zero-order valence-corrected chi connectivity index (χ0v) is 20.0. The lowest BCUT2D eigenvalue weighted by molar-refractivity contribution is -0.119. The van der Waals surface area contributed by atoms with Gasteiger partial charge in [0.25, 0.3) is 0 Å². The number of nitrogens with one attached hydrogen (secondary N) is 1. The van der Waals surface area contributed by atoms with Crippen molar-refractivity contribution >= 4 is 28.9 Å². The Bertz CT molecular complexity index is 981. The summed E-state index contributed by atoms with van der Waals surface area (Å²) in [6.07, 6.45) is 4.28. The minimum absolute atomic E-state index is 0.112. The molecule has 0 radical (unpaired) electrons. The number of amides is 1. The highest BCUT2D eigenvalue weighted by Crippen LogP contribution is 2.38. The second kappa shape index (κ2) is 9.31. The van der Waals surface area contributed by atoms with Crippen molar-refractivity contribution in [3.8, 4) is 0 Å². The van der Waals surface area contributed by atoms with E-state index in [0.29, 0.717) is 5.92 Å². The molecule has 1 atom stereocenters. The predicted molar refractivity (Wildman–Crippen MR) is 133 cm³/mol. The Kier molecular flexibility index (Phi) is 6.25.